The minimum atomic E-state index is 0.599. The fraction of sp³-hybridized carbons (Fsp3) is 0.800. The van der Waals surface area contributed by atoms with Gasteiger partial charge in [0.25, 0.3) is 0 Å². The molecule has 3 nitrogen and oxygen atoms in total. The van der Waals surface area contributed by atoms with E-state index in [2.05, 4.69) is 41.1 Å². The van der Waals surface area contributed by atoms with Crippen LogP contribution in [0.1, 0.15) is 43.8 Å². The number of nitrogens with zero attached hydrogens (tertiary/aromatic N) is 2. The Morgan fingerprint density at radius 2 is 2.26 bits per heavy atom. The Hall–Kier alpha value is -0.480. The largest absolute Gasteiger partial charge is 0.316 e. The molecule has 1 N–H and O–H groups in total. The third-order valence-corrected chi connectivity index (χ3v) is 5.88. The lowest BCUT2D eigenvalue weighted by molar-refractivity contribution is 0.396. The summed E-state index contributed by atoms with van der Waals surface area (Å²) in [4.78, 5) is 0. The third-order valence-electron chi connectivity index (χ3n) is 4.70. The highest BCUT2D eigenvalue weighted by Crippen LogP contribution is 2.30. The van der Waals surface area contributed by atoms with Gasteiger partial charge in [0, 0.05) is 18.7 Å². The first kappa shape index (κ1) is 13.5. The number of hydrogen-bond acceptors (Lipinski definition) is 3. The average molecular weight is 279 g/mol. The molecule has 1 aliphatic carbocycles. The molecule has 1 aromatic rings. The molecule has 4 heteroatoms. The van der Waals surface area contributed by atoms with Crippen molar-refractivity contribution in [3.05, 3.63) is 18.0 Å². The molecule has 0 aromatic carbocycles. The van der Waals surface area contributed by atoms with Crippen molar-refractivity contribution in [2.75, 3.05) is 18.6 Å². The van der Waals surface area contributed by atoms with E-state index >= 15 is 0 Å². The highest BCUT2D eigenvalue weighted by atomic mass is 32.2. The van der Waals surface area contributed by atoms with Crippen molar-refractivity contribution < 1.29 is 0 Å². The third kappa shape index (κ3) is 3.16. The molecule has 0 amide bonds. The Morgan fingerprint density at radius 1 is 1.42 bits per heavy atom. The van der Waals surface area contributed by atoms with Crippen LogP contribution in [-0.4, -0.2) is 34.4 Å². The van der Waals surface area contributed by atoms with Gasteiger partial charge in [-0.25, -0.2) is 0 Å². The first-order chi connectivity index (χ1) is 9.36. The molecule has 19 heavy (non-hydrogen) atoms. The second-order valence-corrected chi connectivity index (χ2v) is 7.10. The fourth-order valence-electron chi connectivity index (χ4n) is 3.46. The summed E-state index contributed by atoms with van der Waals surface area (Å²) < 4.78 is 2.22. The summed E-state index contributed by atoms with van der Waals surface area (Å²) in [5, 5.41) is 8.33. The monoisotopic (exact) mass is 279 g/mol. The van der Waals surface area contributed by atoms with Crippen molar-refractivity contribution in [3.8, 4) is 0 Å². The predicted molar refractivity (Wildman–Crippen MR) is 81.7 cm³/mol. The van der Waals surface area contributed by atoms with Gasteiger partial charge in [-0.3, -0.25) is 4.68 Å². The van der Waals surface area contributed by atoms with Crippen LogP contribution >= 0.6 is 11.8 Å². The van der Waals surface area contributed by atoms with Gasteiger partial charge >= 0.3 is 0 Å². The van der Waals surface area contributed by atoms with Gasteiger partial charge in [-0.2, -0.15) is 16.9 Å². The van der Waals surface area contributed by atoms with Crippen molar-refractivity contribution in [2.45, 2.75) is 50.6 Å². The molecule has 0 radical (unpaired) electrons. The number of aromatic nitrogens is 2. The summed E-state index contributed by atoms with van der Waals surface area (Å²) >= 11 is 2.10. The summed E-state index contributed by atoms with van der Waals surface area (Å²) in [6, 6.07) is 3.50. The van der Waals surface area contributed by atoms with E-state index in [9.17, 15) is 0 Å². The lowest BCUT2D eigenvalue weighted by Crippen LogP contribution is -2.35. The molecule has 2 fully saturated rings. The Labute approximate surface area is 120 Å². The van der Waals surface area contributed by atoms with Crippen LogP contribution in [-0.2, 0) is 6.42 Å². The van der Waals surface area contributed by atoms with Crippen molar-refractivity contribution in [1.29, 1.82) is 0 Å². The summed E-state index contributed by atoms with van der Waals surface area (Å²) in [5.74, 6) is 3.47. The molecule has 2 atom stereocenters. The maximum Gasteiger partial charge on any atom is 0.0640 e. The molecule has 1 aromatic heterocycles. The molecule has 2 aliphatic rings. The second kappa shape index (κ2) is 6.31. The zero-order chi connectivity index (χ0) is 13.1. The highest BCUT2D eigenvalue weighted by Gasteiger charge is 2.25. The molecular weight excluding hydrogens is 254 g/mol. The summed E-state index contributed by atoms with van der Waals surface area (Å²) in [5.41, 5.74) is 1.27. The van der Waals surface area contributed by atoms with Gasteiger partial charge in [0.05, 0.1) is 11.7 Å². The van der Waals surface area contributed by atoms with Crippen molar-refractivity contribution in [1.82, 2.24) is 15.1 Å². The molecule has 106 valence electrons. The van der Waals surface area contributed by atoms with Gasteiger partial charge in [-0.05, 0) is 49.8 Å². The molecule has 2 unspecified atom stereocenters. The first-order valence-electron chi connectivity index (χ1n) is 7.66. The summed E-state index contributed by atoms with van der Waals surface area (Å²) in [6.07, 6.45) is 10.0. The van der Waals surface area contributed by atoms with Gasteiger partial charge < -0.3 is 5.32 Å². The van der Waals surface area contributed by atoms with Crippen LogP contribution < -0.4 is 5.32 Å². The Balaban J connectivity index is 1.61. The first-order valence-corrected chi connectivity index (χ1v) is 8.81. The molecule has 1 saturated carbocycles. The van der Waals surface area contributed by atoms with Crippen LogP contribution in [0.5, 0.6) is 0 Å². The van der Waals surface area contributed by atoms with Crippen LogP contribution in [0.25, 0.3) is 0 Å². The number of hydrogen-bond donors (Lipinski definition) is 1. The van der Waals surface area contributed by atoms with Gasteiger partial charge in [0.15, 0.2) is 0 Å². The predicted octanol–water partition coefficient (Wildman–Crippen LogP) is 2.88. The van der Waals surface area contributed by atoms with Crippen molar-refractivity contribution in [3.63, 3.8) is 0 Å². The quantitative estimate of drug-likeness (QED) is 0.899. The molecule has 1 saturated heterocycles. The van der Waals surface area contributed by atoms with Gasteiger partial charge in [0.2, 0.25) is 0 Å². The maximum absolute atomic E-state index is 4.82. The molecule has 0 bridgehead atoms. The maximum atomic E-state index is 4.82. The molecule has 3 rings (SSSR count). The fourth-order valence-corrected chi connectivity index (χ4v) is 4.80. The Bertz CT molecular complexity index is 392. The minimum absolute atomic E-state index is 0.599. The topological polar surface area (TPSA) is 29.9 Å². The van der Waals surface area contributed by atoms with E-state index in [1.54, 1.807) is 0 Å². The molecule has 0 spiro atoms. The summed E-state index contributed by atoms with van der Waals surface area (Å²) in [7, 11) is 2.10. The highest BCUT2D eigenvalue weighted by molar-refractivity contribution is 7.99. The van der Waals surface area contributed by atoms with Gasteiger partial charge in [-0.15, -0.1) is 0 Å². The van der Waals surface area contributed by atoms with E-state index in [1.807, 2.05) is 0 Å². The average Bonchev–Trinajstić information content (AvgIpc) is 3.15. The van der Waals surface area contributed by atoms with Crippen molar-refractivity contribution in [2.24, 2.45) is 5.92 Å². The van der Waals surface area contributed by atoms with E-state index in [1.165, 1.54) is 49.3 Å². The van der Waals surface area contributed by atoms with E-state index in [0.29, 0.717) is 12.1 Å². The van der Waals surface area contributed by atoms with E-state index in [0.717, 1.165) is 12.3 Å². The lowest BCUT2D eigenvalue weighted by Gasteiger charge is -2.21. The van der Waals surface area contributed by atoms with Crippen LogP contribution in [0.15, 0.2) is 12.3 Å². The number of rotatable bonds is 5. The standard InChI is InChI=1S/C15H25N3S/c1-16-15(12-7-9-19-11-12)10-13-6-8-18(17-13)14-4-2-3-5-14/h6,8,12,14-16H,2-5,7,9-11H2,1H3. The van der Waals surface area contributed by atoms with E-state index < -0.39 is 0 Å². The summed E-state index contributed by atoms with van der Waals surface area (Å²) in [6.45, 7) is 0. The molecule has 1 aliphatic heterocycles. The second-order valence-electron chi connectivity index (χ2n) is 5.95. The molecule has 2 heterocycles. The van der Waals surface area contributed by atoms with Gasteiger partial charge in [-0.1, -0.05) is 12.8 Å². The smallest absolute Gasteiger partial charge is 0.0640 e. The lowest BCUT2D eigenvalue weighted by atomic mass is 9.95. The minimum Gasteiger partial charge on any atom is -0.316 e. The van der Waals surface area contributed by atoms with Crippen LogP contribution in [0.3, 0.4) is 0 Å². The van der Waals surface area contributed by atoms with E-state index in [4.69, 9.17) is 5.10 Å². The van der Waals surface area contributed by atoms with E-state index in [-0.39, 0.29) is 0 Å². The Morgan fingerprint density at radius 3 is 2.95 bits per heavy atom. The van der Waals surface area contributed by atoms with Crippen LogP contribution in [0, 0.1) is 5.92 Å². The number of thioether (sulfide) groups is 1. The SMILES string of the molecule is CNC(Cc1ccn(C2CCCC2)n1)C1CCSC1. The number of likely N-dealkylation sites (N-methyl/N-ethyl adjacent to an activating group) is 1. The van der Waals surface area contributed by atoms with Crippen LogP contribution in [0.2, 0.25) is 0 Å². The zero-order valence-electron chi connectivity index (χ0n) is 11.8. The zero-order valence-corrected chi connectivity index (χ0v) is 12.7. The van der Waals surface area contributed by atoms with Crippen LogP contribution in [0.4, 0.5) is 0 Å². The number of nitrogens with one attached hydrogen (secondary N) is 1. The van der Waals surface area contributed by atoms with Gasteiger partial charge in [0.1, 0.15) is 0 Å². The Kier molecular flexibility index (Phi) is 4.49. The molecular formula is C15H25N3S. The normalized spacial score (nSPS) is 26.1. The van der Waals surface area contributed by atoms with Crippen molar-refractivity contribution >= 4 is 11.8 Å².